The molecule has 0 atom stereocenters. The third-order valence-corrected chi connectivity index (χ3v) is 5.71. The zero-order valence-corrected chi connectivity index (χ0v) is 15.0. The van der Waals surface area contributed by atoms with E-state index in [-0.39, 0.29) is 23.7 Å². The van der Waals surface area contributed by atoms with Gasteiger partial charge in [0.15, 0.2) is 0 Å². The first kappa shape index (κ1) is 18.0. The van der Waals surface area contributed by atoms with Crippen molar-refractivity contribution in [2.24, 2.45) is 11.8 Å². The lowest BCUT2D eigenvalue weighted by molar-refractivity contribution is -0.129. The summed E-state index contributed by atoms with van der Waals surface area (Å²) < 4.78 is 0. The number of benzene rings is 1. The van der Waals surface area contributed by atoms with E-state index in [0.717, 1.165) is 44.2 Å². The van der Waals surface area contributed by atoms with Crippen LogP contribution in [0.4, 0.5) is 5.69 Å². The van der Waals surface area contributed by atoms with E-state index in [1.54, 1.807) is 0 Å². The molecule has 2 aliphatic carbocycles. The number of carbonyl (C=O) groups excluding carboxylic acids is 2. The van der Waals surface area contributed by atoms with Crippen LogP contribution < -0.4 is 10.6 Å². The Labute approximate surface area is 150 Å². The van der Waals surface area contributed by atoms with E-state index in [9.17, 15) is 9.59 Å². The molecule has 136 valence electrons. The second-order valence-corrected chi connectivity index (χ2v) is 7.60. The lowest BCUT2D eigenvalue weighted by atomic mass is 9.81. The van der Waals surface area contributed by atoms with Crippen LogP contribution in [0, 0.1) is 11.8 Å². The van der Waals surface area contributed by atoms with Gasteiger partial charge in [0.1, 0.15) is 0 Å². The van der Waals surface area contributed by atoms with Crippen LogP contribution >= 0.6 is 0 Å². The summed E-state index contributed by atoms with van der Waals surface area (Å²) in [4.78, 5) is 24.9. The highest BCUT2D eigenvalue weighted by Gasteiger charge is 2.30. The maximum atomic E-state index is 12.5. The van der Waals surface area contributed by atoms with Gasteiger partial charge >= 0.3 is 0 Å². The molecule has 4 heteroatoms. The number of para-hydroxylation sites is 1. The molecule has 0 radical (unpaired) electrons. The predicted octanol–water partition coefficient (Wildman–Crippen LogP) is 4.27. The number of carbonyl (C=O) groups is 2. The van der Waals surface area contributed by atoms with Crippen molar-refractivity contribution >= 4 is 17.5 Å². The van der Waals surface area contributed by atoms with Crippen molar-refractivity contribution in [2.75, 3.05) is 5.32 Å². The fourth-order valence-corrected chi connectivity index (χ4v) is 4.13. The topological polar surface area (TPSA) is 58.2 Å². The normalized spacial score (nSPS) is 25.0. The molecule has 0 aliphatic heterocycles. The Morgan fingerprint density at radius 2 is 1.28 bits per heavy atom. The molecule has 0 saturated heterocycles. The zero-order chi connectivity index (χ0) is 17.5. The molecule has 2 N–H and O–H groups in total. The number of rotatable bonds is 4. The van der Waals surface area contributed by atoms with Crippen molar-refractivity contribution in [3.8, 4) is 0 Å². The van der Waals surface area contributed by atoms with E-state index in [0.29, 0.717) is 6.04 Å². The zero-order valence-electron chi connectivity index (χ0n) is 15.0. The fourth-order valence-electron chi connectivity index (χ4n) is 4.13. The molecule has 3 rings (SSSR count). The van der Waals surface area contributed by atoms with E-state index in [1.165, 1.54) is 25.7 Å². The summed E-state index contributed by atoms with van der Waals surface area (Å²) >= 11 is 0. The van der Waals surface area contributed by atoms with Gasteiger partial charge in [-0.3, -0.25) is 9.59 Å². The first-order valence-electron chi connectivity index (χ1n) is 9.88. The maximum absolute atomic E-state index is 12.5. The van der Waals surface area contributed by atoms with Crippen LogP contribution in [0.2, 0.25) is 0 Å². The van der Waals surface area contributed by atoms with Gasteiger partial charge in [-0.15, -0.1) is 0 Å². The second-order valence-electron chi connectivity index (χ2n) is 7.60. The highest BCUT2D eigenvalue weighted by molar-refractivity contribution is 5.92. The van der Waals surface area contributed by atoms with E-state index >= 15 is 0 Å². The maximum Gasteiger partial charge on any atom is 0.227 e. The summed E-state index contributed by atoms with van der Waals surface area (Å²) in [5.74, 6) is 0.425. The van der Waals surface area contributed by atoms with Gasteiger partial charge < -0.3 is 10.6 Å². The summed E-state index contributed by atoms with van der Waals surface area (Å²) in [5.41, 5.74) is 0.848. The summed E-state index contributed by atoms with van der Waals surface area (Å²) in [6.45, 7) is 0. The van der Waals surface area contributed by atoms with Gasteiger partial charge in [-0.2, -0.15) is 0 Å². The summed E-state index contributed by atoms with van der Waals surface area (Å²) in [7, 11) is 0. The lowest BCUT2D eigenvalue weighted by Crippen LogP contribution is -2.40. The van der Waals surface area contributed by atoms with Crippen LogP contribution in [0.15, 0.2) is 30.3 Å². The number of hydrogen-bond acceptors (Lipinski definition) is 2. The molecular formula is C21H30N2O2. The predicted molar refractivity (Wildman–Crippen MR) is 100 cm³/mol. The molecule has 0 spiro atoms. The Balaban J connectivity index is 1.43. The molecule has 1 aromatic rings. The monoisotopic (exact) mass is 342 g/mol. The van der Waals surface area contributed by atoms with Gasteiger partial charge in [0.25, 0.3) is 0 Å². The smallest absolute Gasteiger partial charge is 0.227 e. The average molecular weight is 342 g/mol. The van der Waals surface area contributed by atoms with Gasteiger partial charge in [-0.05, 0) is 50.7 Å². The Hall–Kier alpha value is -1.84. The minimum atomic E-state index is 0.0298. The first-order chi connectivity index (χ1) is 12.2. The first-order valence-corrected chi connectivity index (χ1v) is 9.88. The Bertz CT molecular complexity index is 557. The minimum Gasteiger partial charge on any atom is -0.353 e. The van der Waals surface area contributed by atoms with Crippen molar-refractivity contribution in [1.29, 1.82) is 0 Å². The summed E-state index contributed by atoms with van der Waals surface area (Å²) in [6, 6.07) is 9.96. The third-order valence-electron chi connectivity index (χ3n) is 5.71. The summed E-state index contributed by atoms with van der Waals surface area (Å²) in [5, 5.41) is 6.26. The van der Waals surface area contributed by atoms with Gasteiger partial charge in [0.2, 0.25) is 11.8 Å². The SMILES string of the molecule is O=C(Nc1ccccc1)C1CCC(C(=O)NC2CCCCCC2)CC1. The highest BCUT2D eigenvalue weighted by Crippen LogP contribution is 2.30. The van der Waals surface area contributed by atoms with Gasteiger partial charge in [0.05, 0.1) is 0 Å². The van der Waals surface area contributed by atoms with Crippen LogP contribution in [0.25, 0.3) is 0 Å². The largest absolute Gasteiger partial charge is 0.353 e. The van der Waals surface area contributed by atoms with E-state index in [4.69, 9.17) is 0 Å². The highest BCUT2D eigenvalue weighted by atomic mass is 16.2. The third kappa shape index (κ3) is 5.32. The van der Waals surface area contributed by atoms with E-state index < -0.39 is 0 Å². The number of hydrogen-bond donors (Lipinski definition) is 2. The van der Waals surface area contributed by atoms with E-state index in [1.807, 2.05) is 30.3 Å². The van der Waals surface area contributed by atoms with E-state index in [2.05, 4.69) is 10.6 Å². The van der Waals surface area contributed by atoms with Crippen LogP contribution in [0.3, 0.4) is 0 Å². The standard InChI is InChI=1S/C21H30N2O2/c24-20(22-18-8-4-1-2-5-9-18)16-12-14-17(15-13-16)21(25)23-19-10-6-3-7-11-19/h3,6-7,10-11,16-18H,1-2,4-5,8-9,12-15H2,(H,22,24)(H,23,25). The van der Waals surface area contributed by atoms with Crippen molar-refractivity contribution < 1.29 is 9.59 Å². The molecule has 25 heavy (non-hydrogen) atoms. The molecule has 2 saturated carbocycles. The average Bonchev–Trinajstić information content (AvgIpc) is 2.91. The summed E-state index contributed by atoms with van der Waals surface area (Å²) in [6.07, 6.45) is 10.6. The number of amides is 2. The lowest BCUT2D eigenvalue weighted by Gasteiger charge is -2.28. The molecule has 2 fully saturated rings. The molecule has 0 unspecified atom stereocenters. The van der Waals surface area contributed by atoms with Gasteiger partial charge in [0, 0.05) is 23.6 Å². The molecule has 2 aliphatic rings. The van der Waals surface area contributed by atoms with Gasteiger partial charge in [-0.1, -0.05) is 43.9 Å². The number of anilines is 1. The molecule has 0 bridgehead atoms. The second kappa shape index (κ2) is 9.02. The van der Waals surface area contributed by atoms with Crippen LogP contribution in [-0.2, 0) is 9.59 Å². The van der Waals surface area contributed by atoms with Crippen LogP contribution in [-0.4, -0.2) is 17.9 Å². The molecular weight excluding hydrogens is 312 g/mol. The fraction of sp³-hybridized carbons (Fsp3) is 0.619. The molecule has 0 heterocycles. The Kier molecular flexibility index (Phi) is 6.48. The quantitative estimate of drug-likeness (QED) is 0.803. The Morgan fingerprint density at radius 3 is 1.88 bits per heavy atom. The molecule has 1 aromatic carbocycles. The van der Waals surface area contributed by atoms with Crippen molar-refractivity contribution in [3.05, 3.63) is 30.3 Å². The van der Waals surface area contributed by atoms with Crippen LogP contribution in [0.1, 0.15) is 64.2 Å². The molecule has 2 amide bonds. The van der Waals surface area contributed by atoms with Gasteiger partial charge in [-0.25, -0.2) is 0 Å². The van der Waals surface area contributed by atoms with Crippen molar-refractivity contribution in [1.82, 2.24) is 5.32 Å². The van der Waals surface area contributed by atoms with Crippen molar-refractivity contribution in [3.63, 3.8) is 0 Å². The van der Waals surface area contributed by atoms with Crippen LogP contribution in [0.5, 0.6) is 0 Å². The number of nitrogens with one attached hydrogen (secondary N) is 2. The Morgan fingerprint density at radius 1 is 0.720 bits per heavy atom. The molecule has 0 aromatic heterocycles. The molecule has 4 nitrogen and oxygen atoms in total. The van der Waals surface area contributed by atoms with Crippen molar-refractivity contribution in [2.45, 2.75) is 70.3 Å². The minimum absolute atomic E-state index is 0.0298.